The molecule has 2 aromatic rings. The van der Waals surface area contributed by atoms with Gasteiger partial charge in [0, 0.05) is 10.9 Å². The fourth-order valence-corrected chi connectivity index (χ4v) is 3.38. The summed E-state index contributed by atoms with van der Waals surface area (Å²) in [5.41, 5.74) is 0.781. The molecule has 1 aliphatic rings. The minimum atomic E-state index is -0.655. The number of benzene rings is 2. The summed E-state index contributed by atoms with van der Waals surface area (Å²) in [5.74, 6) is -1.19. The summed E-state index contributed by atoms with van der Waals surface area (Å²) in [6.45, 7) is -0.504. The average Bonchev–Trinajstić information content (AvgIpc) is 3.49. The highest BCUT2D eigenvalue weighted by molar-refractivity contribution is 8.00. The lowest BCUT2D eigenvalue weighted by molar-refractivity contribution is -0.147. The standard InChI is InChI=1S/C20H20N2O4S/c23-17(22-20(25)21-15-11-12-15)13-26-19(24)18(14-7-3-1-4-8-14)27-16-9-5-2-6-10-16/h1-10,15,18H,11-13H2,(H2,21,22,23,25)/t18-/m1/s1. The van der Waals surface area contributed by atoms with Crippen LogP contribution in [0.1, 0.15) is 23.7 Å². The number of hydrogen-bond donors (Lipinski definition) is 2. The number of nitrogens with one attached hydrogen (secondary N) is 2. The van der Waals surface area contributed by atoms with E-state index in [0.717, 1.165) is 23.3 Å². The smallest absolute Gasteiger partial charge is 0.324 e. The molecule has 7 heteroatoms. The molecule has 1 atom stereocenters. The predicted octanol–water partition coefficient (Wildman–Crippen LogP) is 3.05. The van der Waals surface area contributed by atoms with Crippen molar-refractivity contribution >= 4 is 29.7 Å². The van der Waals surface area contributed by atoms with Crippen LogP contribution in [0.4, 0.5) is 4.79 Å². The van der Waals surface area contributed by atoms with Crippen LogP contribution in [0, 0.1) is 0 Å². The first-order chi connectivity index (χ1) is 13.1. The number of rotatable bonds is 7. The van der Waals surface area contributed by atoms with Crippen LogP contribution >= 0.6 is 11.8 Å². The molecule has 0 aromatic heterocycles. The van der Waals surface area contributed by atoms with Crippen molar-refractivity contribution in [3.05, 3.63) is 66.2 Å². The molecule has 0 unspecified atom stereocenters. The van der Waals surface area contributed by atoms with Gasteiger partial charge in [0.1, 0.15) is 5.25 Å². The molecule has 1 fully saturated rings. The third-order valence-corrected chi connectivity index (χ3v) is 5.07. The van der Waals surface area contributed by atoms with Crippen LogP contribution < -0.4 is 10.6 Å². The number of esters is 1. The molecule has 0 heterocycles. The molecule has 0 spiro atoms. The quantitative estimate of drug-likeness (QED) is 0.566. The zero-order valence-electron chi connectivity index (χ0n) is 14.6. The lowest BCUT2D eigenvalue weighted by atomic mass is 10.1. The average molecular weight is 384 g/mol. The van der Waals surface area contributed by atoms with E-state index in [0.29, 0.717) is 0 Å². The summed E-state index contributed by atoms with van der Waals surface area (Å²) in [4.78, 5) is 36.9. The first-order valence-corrected chi connectivity index (χ1v) is 9.53. The minimum absolute atomic E-state index is 0.144. The van der Waals surface area contributed by atoms with Crippen LogP contribution in [0.2, 0.25) is 0 Å². The topological polar surface area (TPSA) is 84.5 Å². The van der Waals surface area contributed by atoms with E-state index in [4.69, 9.17) is 4.74 Å². The number of amides is 3. The number of ether oxygens (including phenoxy) is 1. The van der Waals surface area contributed by atoms with E-state index in [1.54, 1.807) is 0 Å². The van der Waals surface area contributed by atoms with Crippen LogP contribution in [0.5, 0.6) is 0 Å². The highest BCUT2D eigenvalue weighted by Gasteiger charge is 2.26. The summed E-state index contributed by atoms with van der Waals surface area (Å²) in [5, 5.41) is 4.19. The Morgan fingerprint density at radius 2 is 1.63 bits per heavy atom. The molecule has 1 saturated carbocycles. The second kappa shape index (κ2) is 9.23. The number of thioether (sulfide) groups is 1. The Labute approximate surface area is 161 Å². The molecule has 2 aromatic carbocycles. The summed E-state index contributed by atoms with van der Waals surface area (Å²) in [6, 6.07) is 18.3. The van der Waals surface area contributed by atoms with E-state index in [2.05, 4.69) is 10.6 Å². The molecule has 0 bridgehead atoms. The normalized spacial score (nSPS) is 14.1. The Morgan fingerprint density at radius 1 is 1.00 bits per heavy atom. The Balaban J connectivity index is 1.58. The number of carbonyl (C=O) groups is 3. The van der Waals surface area contributed by atoms with Crippen LogP contribution in [-0.2, 0) is 14.3 Å². The molecular weight excluding hydrogens is 364 g/mol. The van der Waals surface area contributed by atoms with Crippen LogP contribution in [0.25, 0.3) is 0 Å². The van der Waals surface area contributed by atoms with Crippen molar-refractivity contribution in [2.24, 2.45) is 0 Å². The molecule has 2 N–H and O–H groups in total. The van der Waals surface area contributed by atoms with Crippen molar-refractivity contribution in [3.63, 3.8) is 0 Å². The van der Waals surface area contributed by atoms with Crippen LogP contribution in [0.3, 0.4) is 0 Å². The summed E-state index contributed by atoms with van der Waals surface area (Å²) in [7, 11) is 0. The van der Waals surface area contributed by atoms with Crippen molar-refractivity contribution in [3.8, 4) is 0 Å². The maximum Gasteiger partial charge on any atom is 0.324 e. The number of hydrogen-bond acceptors (Lipinski definition) is 5. The first kappa shape index (κ1) is 19.0. The number of urea groups is 1. The molecular formula is C20H20N2O4S. The second-order valence-electron chi connectivity index (χ2n) is 6.13. The van der Waals surface area contributed by atoms with Gasteiger partial charge in [-0.05, 0) is 30.5 Å². The van der Waals surface area contributed by atoms with E-state index in [9.17, 15) is 14.4 Å². The zero-order chi connectivity index (χ0) is 19.1. The van der Waals surface area contributed by atoms with E-state index >= 15 is 0 Å². The molecule has 3 rings (SSSR count). The van der Waals surface area contributed by atoms with Gasteiger partial charge in [-0.25, -0.2) is 4.79 Å². The lowest BCUT2D eigenvalue weighted by Crippen LogP contribution is -2.42. The Bertz CT molecular complexity index is 794. The van der Waals surface area contributed by atoms with Gasteiger partial charge in [0.15, 0.2) is 6.61 Å². The van der Waals surface area contributed by atoms with Gasteiger partial charge in [-0.2, -0.15) is 0 Å². The van der Waals surface area contributed by atoms with E-state index in [-0.39, 0.29) is 6.04 Å². The van der Waals surface area contributed by atoms with Crippen molar-refractivity contribution in [2.75, 3.05) is 6.61 Å². The van der Waals surface area contributed by atoms with Crippen molar-refractivity contribution in [2.45, 2.75) is 29.0 Å². The van der Waals surface area contributed by atoms with E-state index in [1.807, 2.05) is 60.7 Å². The lowest BCUT2D eigenvalue weighted by Gasteiger charge is -2.16. The SMILES string of the molecule is O=C(COC(=O)[C@H](Sc1ccccc1)c1ccccc1)NC(=O)NC1CC1. The minimum Gasteiger partial charge on any atom is -0.454 e. The molecule has 3 amide bonds. The molecule has 140 valence electrons. The van der Waals surface area contributed by atoms with Crippen molar-refractivity contribution < 1.29 is 19.1 Å². The third-order valence-electron chi connectivity index (χ3n) is 3.82. The predicted molar refractivity (Wildman–Crippen MR) is 102 cm³/mol. The zero-order valence-corrected chi connectivity index (χ0v) is 15.4. The maximum atomic E-state index is 12.6. The molecule has 0 radical (unpaired) electrons. The molecule has 0 saturated heterocycles. The van der Waals surface area contributed by atoms with Gasteiger partial charge in [-0.15, -0.1) is 11.8 Å². The van der Waals surface area contributed by atoms with Gasteiger partial charge >= 0.3 is 12.0 Å². The van der Waals surface area contributed by atoms with E-state index < -0.39 is 29.8 Å². The number of imide groups is 1. The van der Waals surface area contributed by atoms with Gasteiger partial charge in [0.25, 0.3) is 5.91 Å². The Morgan fingerprint density at radius 3 is 2.26 bits per heavy atom. The van der Waals surface area contributed by atoms with Gasteiger partial charge < -0.3 is 10.1 Å². The van der Waals surface area contributed by atoms with Gasteiger partial charge in [0.2, 0.25) is 0 Å². The van der Waals surface area contributed by atoms with Crippen LogP contribution in [-0.4, -0.2) is 30.6 Å². The molecule has 27 heavy (non-hydrogen) atoms. The molecule has 1 aliphatic carbocycles. The van der Waals surface area contributed by atoms with Gasteiger partial charge in [0.05, 0.1) is 0 Å². The highest BCUT2D eigenvalue weighted by Crippen LogP contribution is 2.36. The summed E-state index contributed by atoms with van der Waals surface area (Å²) >= 11 is 1.35. The van der Waals surface area contributed by atoms with Crippen molar-refractivity contribution in [1.82, 2.24) is 10.6 Å². The second-order valence-corrected chi connectivity index (χ2v) is 7.30. The fourth-order valence-electron chi connectivity index (χ4n) is 2.34. The number of carbonyl (C=O) groups excluding carboxylic acids is 3. The summed E-state index contributed by atoms with van der Waals surface area (Å²) in [6.07, 6.45) is 1.85. The van der Waals surface area contributed by atoms with E-state index in [1.165, 1.54) is 11.8 Å². The maximum absolute atomic E-state index is 12.6. The highest BCUT2D eigenvalue weighted by atomic mass is 32.2. The van der Waals surface area contributed by atoms with Gasteiger partial charge in [-0.3, -0.25) is 14.9 Å². The Kier molecular flexibility index (Phi) is 6.49. The first-order valence-electron chi connectivity index (χ1n) is 8.65. The van der Waals surface area contributed by atoms with Crippen LogP contribution in [0.15, 0.2) is 65.6 Å². The third kappa shape index (κ3) is 6.14. The molecule has 6 nitrogen and oxygen atoms in total. The van der Waals surface area contributed by atoms with Gasteiger partial charge in [-0.1, -0.05) is 48.5 Å². The largest absolute Gasteiger partial charge is 0.454 e. The summed E-state index contributed by atoms with van der Waals surface area (Å²) < 4.78 is 5.16. The molecule has 0 aliphatic heterocycles. The Hall–Kier alpha value is -2.80. The van der Waals surface area contributed by atoms with Crippen molar-refractivity contribution in [1.29, 1.82) is 0 Å². The fraction of sp³-hybridized carbons (Fsp3) is 0.250. The monoisotopic (exact) mass is 384 g/mol.